The van der Waals surface area contributed by atoms with Gasteiger partial charge in [0.1, 0.15) is 16.9 Å². The molecule has 0 saturated heterocycles. The van der Waals surface area contributed by atoms with Crippen molar-refractivity contribution in [1.82, 2.24) is 4.98 Å². The van der Waals surface area contributed by atoms with Crippen LogP contribution in [0.1, 0.15) is 54.4 Å². The van der Waals surface area contributed by atoms with E-state index >= 15 is 0 Å². The summed E-state index contributed by atoms with van der Waals surface area (Å²) in [5.41, 5.74) is 0.620. The number of carbonyl (C=O) groups excluding carboxylic acids is 1. The summed E-state index contributed by atoms with van der Waals surface area (Å²) in [7, 11) is 1.63. The minimum Gasteiger partial charge on any atom is -0.491 e. The average molecular weight is 401 g/mol. The first kappa shape index (κ1) is 23.1. The van der Waals surface area contributed by atoms with Gasteiger partial charge in [0.05, 0.1) is 12.3 Å². The number of aromatic nitrogens is 1. The van der Waals surface area contributed by atoms with Crippen LogP contribution in [0, 0.1) is 17.8 Å². The summed E-state index contributed by atoms with van der Waals surface area (Å²) in [6, 6.07) is 7.60. The largest absolute Gasteiger partial charge is 0.491 e. The van der Waals surface area contributed by atoms with E-state index in [1.807, 2.05) is 24.3 Å². The lowest BCUT2D eigenvalue weighted by Gasteiger charge is -2.34. The normalized spacial score (nSPS) is 12.2. The van der Waals surface area contributed by atoms with Crippen LogP contribution in [0.5, 0.6) is 5.75 Å². The maximum Gasteiger partial charge on any atom is 0.256 e. The van der Waals surface area contributed by atoms with Gasteiger partial charge >= 0.3 is 0 Å². The summed E-state index contributed by atoms with van der Waals surface area (Å²) in [4.78, 5) is 17.9. The third-order valence-electron chi connectivity index (χ3n) is 4.83. The maximum atomic E-state index is 13.4. The second-order valence-corrected chi connectivity index (χ2v) is 9.06. The Bertz CT molecular complexity index is 805. The van der Waals surface area contributed by atoms with E-state index in [2.05, 4.69) is 51.8 Å². The van der Waals surface area contributed by atoms with Crippen molar-refractivity contribution in [2.24, 2.45) is 17.8 Å². The van der Waals surface area contributed by atoms with E-state index in [9.17, 15) is 4.79 Å². The third kappa shape index (κ3) is 5.92. The molecule has 0 atom stereocenters. The summed E-state index contributed by atoms with van der Waals surface area (Å²) in [6.45, 7) is 13.3. The van der Waals surface area contributed by atoms with Gasteiger partial charge in [-0.25, -0.2) is 0 Å². The molecular weight excluding hydrogens is 364 g/mol. The number of amides is 1. The lowest BCUT2D eigenvalue weighted by atomic mass is 9.84. The molecule has 0 bridgehead atoms. The van der Waals surface area contributed by atoms with Gasteiger partial charge in [0.2, 0.25) is 0 Å². The van der Waals surface area contributed by atoms with E-state index in [-0.39, 0.29) is 5.91 Å². The molecule has 29 heavy (non-hydrogen) atoms. The topological polar surface area (TPSA) is 60.5 Å². The zero-order chi connectivity index (χ0) is 21.6. The lowest BCUT2D eigenvalue weighted by molar-refractivity contribution is -0.142. The van der Waals surface area contributed by atoms with Crippen molar-refractivity contribution >= 4 is 22.5 Å². The summed E-state index contributed by atoms with van der Waals surface area (Å²) in [5.74, 6) is 1.72. The van der Waals surface area contributed by atoms with Crippen molar-refractivity contribution in [3.8, 4) is 5.75 Å². The van der Waals surface area contributed by atoms with Crippen molar-refractivity contribution in [1.29, 1.82) is 0 Å². The summed E-state index contributed by atoms with van der Waals surface area (Å²) >= 11 is 0. The minimum absolute atomic E-state index is 0.108. The molecule has 1 aromatic heterocycles. The lowest BCUT2D eigenvalue weighted by Crippen LogP contribution is -2.47. The Morgan fingerprint density at radius 3 is 2.24 bits per heavy atom. The highest BCUT2D eigenvalue weighted by Gasteiger charge is 2.40. The molecule has 0 aliphatic rings. The number of fused-ring (bicyclic) bond motifs is 1. The fourth-order valence-corrected chi connectivity index (χ4v) is 3.71. The van der Waals surface area contributed by atoms with Gasteiger partial charge in [-0.2, -0.15) is 0 Å². The van der Waals surface area contributed by atoms with Gasteiger partial charge in [0.15, 0.2) is 0 Å². The van der Waals surface area contributed by atoms with Crippen LogP contribution in [0.25, 0.3) is 10.9 Å². The fourth-order valence-electron chi connectivity index (χ4n) is 3.71. The maximum absolute atomic E-state index is 13.4. The number of hydrogen-bond acceptors (Lipinski definition) is 4. The number of anilines is 1. The van der Waals surface area contributed by atoms with Crippen LogP contribution in [-0.4, -0.2) is 30.2 Å². The van der Waals surface area contributed by atoms with E-state index in [1.54, 1.807) is 13.3 Å². The van der Waals surface area contributed by atoms with Gasteiger partial charge in [0, 0.05) is 18.7 Å². The molecule has 1 heterocycles. The predicted molar refractivity (Wildman–Crippen MR) is 119 cm³/mol. The van der Waals surface area contributed by atoms with Gasteiger partial charge in [-0.15, -0.1) is 0 Å². The zero-order valence-electron chi connectivity index (χ0n) is 18.9. The average Bonchev–Trinajstić information content (AvgIpc) is 2.65. The van der Waals surface area contributed by atoms with Gasteiger partial charge in [0.25, 0.3) is 5.91 Å². The monoisotopic (exact) mass is 400 g/mol. The van der Waals surface area contributed by atoms with Crippen molar-refractivity contribution in [2.75, 3.05) is 19.0 Å². The van der Waals surface area contributed by atoms with Crippen LogP contribution >= 0.6 is 0 Å². The molecule has 1 aromatic carbocycles. The first-order chi connectivity index (χ1) is 13.7. The molecule has 0 aliphatic carbocycles. The Morgan fingerprint density at radius 2 is 1.69 bits per heavy atom. The fraction of sp³-hybridized carbons (Fsp3) is 0.583. The van der Waals surface area contributed by atoms with Crippen LogP contribution < -0.4 is 10.1 Å². The van der Waals surface area contributed by atoms with E-state index in [1.165, 1.54) is 0 Å². The number of ether oxygens (including phenoxy) is 2. The zero-order valence-corrected chi connectivity index (χ0v) is 18.9. The van der Waals surface area contributed by atoms with Crippen molar-refractivity contribution in [3.63, 3.8) is 0 Å². The molecule has 5 heteroatoms. The molecule has 2 rings (SSSR count). The Labute approximate surface area is 175 Å². The SMILES string of the molecule is COC(CC(C)C)(CC(C)C)C(=O)Nc1ccc(OCC(C)C)c2ncccc12. The van der Waals surface area contributed by atoms with Crippen molar-refractivity contribution in [3.05, 3.63) is 30.5 Å². The van der Waals surface area contributed by atoms with E-state index in [0.717, 1.165) is 22.3 Å². The number of pyridine rings is 1. The predicted octanol–water partition coefficient (Wildman–Crippen LogP) is 5.69. The van der Waals surface area contributed by atoms with Crippen molar-refractivity contribution < 1.29 is 14.3 Å². The molecule has 0 unspecified atom stereocenters. The first-order valence-electron chi connectivity index (χ1n) is 10.6. The quantitative estimate of drug-likeness (QED) is 0.557. The molecule has 0 radical (unpaired) electrons. The van der Waals surface area contributed by atoms with Gasteiger partial charge in [-0.05, 0) is 54.9 Å². The summed E-state index contributed by atoms with van der Waals surface area (Å²) in [6.07, 6.45) is 3.08. The molecule has 160 valence electrons. The van der Waals surface area contributed by atoms with Crippen LogP contribution in [0.3, 0.4) is 0 Å². The van der Waals surface area contributed by atoms with E-state index in [0.29, 0.717) is 37.2 Å². The molecule has 2 aromatic rings. The Hall–Kier alpha value is -2.14. The molecule has 5 nitrogen and oxygen atoms in total. The van der Waals surface area contributed by atoms with Crippen LogP contribution in [0.2, 0.25) is 0 Å². The molecular formula is C24H36N2O3. The van der Waals surface area contributed by atoms with E-state index in [4.69, 9.17) is 9.47 Å². The minimum atomic E-state index is -0.857. The van der Waals surface area contributed by atoms with Gasteiger partial charge < -0.3 is 14.8 Å². The van der Waals surface area contributed by atoms with Crippen molar-refractivity contribution in [2.45, 2.75) is 60.0 Å². The van der Waals surface area contributed by atoms with Gasteiger partial charge in [-0.3, -0.25) is 9.78 Å². The van der Waals surface area contributed by atoms with Crippen LogP contribution in [0.15, 0.2) is 30.5 Å². The van der Waals surface area contributed by atoms with Gasteiger partial charge in [-0.1, -0.05) is 41.5 Å². The number of nitrogens with zero attached hydrogens (tertiary/aromatic N) is 1. The van der Waals surface area contributed by atoms with Crippen LogP contribution in [0.4, 0.5) is 5.69 Å². The van der Waals surface area contributed by atoms with E-state index < -0.39 is 5.60 Å². The van der Waals surface area contributed by atoms with Crippen LogP contribution in [-0.2, 0) is 9.53 Å². The first-order valence-corrected chi connectivity index (χ1v) is 10.6. The number of nitrogens with one attached hydrogen (secondary N) is 1. The summed E-state index contributed by atoms with van der Waals surface area (Å²) < 4.78 is 11.8. The highest BCUT2D eigenvalue weighted by Crippen LogP contribution is 2.34. The number of benzene rings is 1. The standard InChI is InChI=1S/C24H36N2O3/c1-16(2)13-24(28-7,14-17(3)4)23(27)26-20-10-11-21(29-15-18(5)6)22-19(20)9-8-12-25-22/h8-12,16-18H,13-15H2,1-7H3,(H,26,27). The molecule has 0 aliphatic heterocycles. The second kappa shape index (κ2) is 10.1. The molecule has 0 fully saturated rings. The smallest absolute Gasteiger partial charge is 0.256 e. The summed E-state index contributed by atoms with van der Waals surface area (Å²) in [5, 5.41) is 3.98. The number of carbonyl (C=O) groups is 1. The Morgan fingerprint density at radius 1 is 1.03 bits per heavy atom. The Kier molecular flexibility index (Phi) is 8.03. The molecule has 0 spiro atoms. The molecule has 0 saturated carbocycles. The Balaban J connectivity index is 2.39. The molecule has 1 amide bonds. The number of rotatable bonds is 10. The highest BCUT2D eigenvalue weighted by atomic mass is 16.5. The number of methoxy groups -OCH3 is 1. The third-order valence-corrected chi connectivity index (χ3v) is 4.83. The molecule has 1 N–H and O–H groups in total. The number of hydrogen-bond donors (Lipinski definition) is 1. The second-order valence-electron chi connectivity index (χ2n) is 9.06. The highest BCUT2D eigenvalue weighted by molar-refractivity contribution is 6.05.